The number of benzene rings is 1. The van der Waals surface area contributed by atoms with Crippen molar-refractivity contribution in [3.63, 3.8) is 0 Å². The van der Waals surface area contributed by atoms with E-state index in [9.17, 15) is 4.79 Å². The molecular formula is C17H21NO3. The topological polar surface area (TPSA) is 51.5 Å². The monoisotopic (exact) mass is 287 g/mol. The highest BCUT2D eigenvalue weighted by atomic mass is 16.5. The number of nitrogens with one attached hydrogen (secondary N) is 1. The standard InChI is InChI=1S/C17H21NO3/c1-5-18-16(13-10-11(2)6-7-12(13)3)14-8-9-15(21-14)17(19)20-4/h6-10,16,18H,5H2,1-4H3. The van der Waals surface area contributed by atoms with Crippen LogP contribution in [0.3, 0.4) is 0 Å². The van der Waals surface area contributed by atoms with Crippen molar-refractivity contribution in [2.45, 2.75) is 26.8 Å². The molecule has 1 aromatic carbocycles. The van der Waals surface area contributed by atoms with Crippen LogP contribution >= 0.6 is 0 Å². The predicted molar refractivity (Wildman–Crippen MR) is 81.5 cm³/mol. The van der Waals surface area contributed by atoms with Crippen LogP contribution in [0.1, 0.15) is 46.0 Å². The van der Waals surface area contributed by atoms with Gasteiger partial charge in [0.25, 0.3) is 0 Å². The molecule has 1 aromatic heterocycles. The first-order valence-electron chi connectivity index (χ1n) is 7.05. The number of ether oxygens (including phenoxy) is 1. The van der Waals surface area contributed by atoms with Crippen LogP contribution < -0.4 is 5.32 Å². The van der Waals surface area contributed by atoms with E-state index in [0.717, 1.165) is 12.1 Å². The molecule has 2 rings (SSSR count). The summed E-state index contributed by atoms with van der Waals surface area (Å²) in [6, 6.07) is 9.72. The van der Waals surface area contributed by atoms with Gasteiger partial charge in [0.15, 0.2) is 0 Å². The number of esters is 1. The van der Waals surface area contributed by atoms with E-state index in [0.29, 0.717) is 5.76 Å². The van der Waals surface area contributed by atoms with Crippen molar-refractivity contribution in [3.05, 3.63) is 58.5 Å². The minimum Gasteiger partial charge on any atom is -0.463 e. The zero-order valence-corrected chi connectivity index (χ0v) is 12.9. The van der Waals surface area contributed by atoms with Crippen LogP contribution in [0.15, 0.2) is 34.7 Å². The van der Waals surface area contributed by atoms with Crippen molar-refractivity contribution >= 4 is 5.97 Å². The van der Waals surface area contributed by atoms with Crippen molar-refractivity contribution in [1.29, 1.82) is 0 Å². The summed E-state index contributed by atoms with van der Waals surface area (Å²) in [7, 11) is 1.34. The van der Waals surface area contributed by atoms with E-state index < -0.39 is 5.97 Å². The summed E-state index contributed by atoms with van der Waals surface area (Å²) in [5, 5.41) is 3.41. The van der Waals surface area contributed by atoms with Crippen molar-refractivity contribution < 1.29 is 13.9 Å². The molecule has 1 heterocycles. The van der Waals surface area contributed by atoms with Gasteiger partial charge in [-0.25, -0.2) is 4.79 Å². The first kappa shape index (κ1) is 15.3. The van der Waals surface area contributed by atoms with Crippen molar-refractivity contribution in [2.24, 2.45) is 0 Å². The van der Waals surface area contributed by atoms with Gasteiger partial charge in [0.2, 0.25) is 5.76 Å². The van der Waals surface area contributed by atoms with Crippen LogP contribution in [-0.4, -0.2) is 19.6 Å². The fraction of sp³-hybridized carbons (Fsp3) is 0.353. The molecule has 0 fully saturated rings. The summed E-state index contributed by atoms with van der Waals surface area (Å²) in [6.07, 6.45) is 0. The fourth-order valence-corrected chi connectivity index (χ4v) is 2.36. The molecule has 21 heavy (non-hydrogen) atoms. The van der Waals surface area contributed by atoms with Gasteiger partial charge in [0, 0.05) is 0 Å². The first-order valence-corrected chi connectivity index (χ1v) is 7.05. The lowest BCUT2D eigenvalue weighted by Crippen LogP contribution is -2.22. The number of rotatable bonds is 5. The third-order valence-corrected chi connectivity index (χ3v) is 3.45. The average Bonchev–Trinajstić information content (AvgIpc) is 2.96. The number of methoxy groups -OCH3 is 1. The molecule has 0 radical (unpaired) electrons. The van der Waals surface area contributed by atoms with Crippen molar-refractivity contribution in [3.8, 4) is 0 Å². The lowest BCUT2D eigenvalue weighted by atomic mass is 9.97. The molecule has 4 nitrogen and oxygen atoms in total. The minimum absolute atomic E-state index is 0.0756. The quantitative estimate of drug-likeness (QED) is 0.857. The number of hydrogen-bond acceptors (Lipinski definition) is 4. The Balaban J connectivity index is 2.41. The average molecular weight is 287 g/mol. The van der Waals surface area contributed by atoms with Crippen molar-refractivity contribution in [2.75, 3.05) is 13.7 Å². The molecule has 0 spiro atoms. The summed E-state index contributed by atoms with van der Waals surface area (Å²) >= 11 is 0. The van der Waals surface area contributed by atoms with E-state index in [1.54, 1.807) is 6.07 Å². The summed E-state index contributed by atoms with van der Waals surface area (Å²) < 4.78 is 10.3. The van der Waals surface area contributed by atoms with Crippen LogP contribution in [0, 0.1) is 13.8 Å². The highest BCUT2D eigenvalue weighted by Gasteiger charge is 2.21. The summed E-state index contributed by atoms with van der Waals surface area (Å²) in [6.45, 7) is 6.98. The van der Waals surface area contributed by atoms with E-state index >= 15 is 0 Å². The molecule has 0 aliphatic heterocycles. The van der Waals surface area contributed by atoms with Gasteiger partial charge in [0.05, 0.1) is 13.2 Å². The SMILES string of the molecule is CCNC(c1ccc(C(=O)OC)o1)c1cc(C)ccc1C. The largest absolute Gasteiger partial charge is 0.463 e. The molecule has 2 aromatic rings. The summed E-state index contributed by atoms with van der Waals surface area (Å²) in [5.74, 6) is 0.476. The molecule has 0 bridgehead atoms. The second-order valence-electron chi connectivity index (χ2n) is 5.04. The molecule has 1 atom stereocenters. The number of carbonyl (C=O) groups excluding carboxylic acids is 1. The van der Waals surface area contributed by atoms with Crippen LogP contribution in [0.25, 0.3) is 0 Å². The third kappa shape index (κ3) is 3.34. The maximum absolute atomic E-state index is 11.5. The van der Waals surface area contributed by atoms with Gasteiger partial charge in [-0.3, -0.25) is 0 Å². The minimum atomic E-state index is -0.461. The van der Waals surface area contributed by atoms with E-state index in [2.05, 4.69) is 42.1 Å². The Kier molecular flexibility index (Phi) is 4.81. The van der Waals surface area contributed by atoms with Gasteiger partial charge in [-0.2, -0.15) is 0 Å². The fourth-order valence-electron chi connectivity index (χ4n) is 2.36. The van der Waals surface area contributed by atoms with Crippen LogP contribution in [0.4, 0.5) is 0 Å². The van der Waals surface area contributed by atoms with E-state index in [1.165, 1.54) is 18.2 Å². The Morgan fingerprint density at radius 1 is 1.29 bits per heavy atom. The number of carbonyl (C=O) groups is 1. The molecule has 4 heteroatoms. The molecule has 1 unspecified atom stereocenters. The highest BCUT2D eigenvalue weighted by molar-refractivity contribution is 5.86. The van der Waals surface area contributed by atoms with Crippen molar-refractivity contribution in [1.82, 2.24) is 5.32 Å². The third-order valence-electron chi connectivity index (χ3n) is 3.45. The summed E-state index contributed by atoms with van der Waals surface area (Å²) in [5.41, 5.74) is 3.53. The zero-order chi connectivity index (χ0) is 15.4. The molecule has 112 valence electrons. The first-order chi connectivity index (χ1) is 10.1. The van der Waals surface area contributed by atoms with Gasteiger partial charge < -0.3 is 14.5 Å². The van der Waals surface area contributed by atoms with E-state index in [4.69, 9.17) is 4.42 Å². The molecule has 0 saturated carbocycles. The molecule has 0 aliphatic rings. The number of hydrogen-bond donors (Lipinski definition) is 1. The Morgan fingerprint density at radius 2 is 2.05 bits per heavy atom. The van der Waals surface area contributed by atoms with E-state index in [1.807, 2.05) is 13.0 Å². The second-order valence-corrected chi connectivity index (χ2v) is 5.04. The normalized spacial score (nSPS) is 12.2. The second kappa shape index (κ2) is 6.59. The predicted octanol–water partition coefficient (Wildman–Crippen LogP) is 3.38. The number of aryl methyl sites for hydroxylation is 2. The van der Waals surface area contributed by atoms with Crippen LogP contribution in [0.2, 0.25) is 0 Å². The lowest BCUT2D eigenvalue weighted by molar-refractivity contribution is 0.0562. The molecule has 0 aliphatic carbocycles. The van der Waals surface area contributed by atoms with Gasteiger partial charge in [0.1, 0.15) is 5.76 Å². The highest BCUT2D eigenvalue weighted by Crippen LogP contribution is 2.27. The Hall–Kier alpha value is -2.07. The molecule has 0 saturated heterocycles. The maximum Gasteiger partial charge on any atom is 0.373 e. The van der Waals surface area contributed by atoms with Crippen LogP contribution in [-0.2, 0) is 4.74 Å². The molecular weight excluding hydrogens is 266 g/mol. The Bertz CT molecular complexity index is 631. The summed E-state index contributed by atoms with van der Waals surface area (Å²) in [4.78, 5) is 11.5. The van der Waals surface area contributed by atoms with E-state index in [-0.39, 0.29) is 11.8 Å². The smallest absolute Gasteiger partial charge is 0.373 e. The van der Waals surface area contributed by atoms with Gasteiger partial charge in [-0.1, -0.05) is 30.7 Å². The Morgan fingerprint density at radius 3 is 2.71 bits per heavy atom. The Labute approximate surface area is 125 Å². The maximum atomic E-state index is 11.5. The lowest BCUT2D eigenvalue weighted by Gasteiger charge is -2.19. The zero-order valence-electron chi connectivity index (χ0n) is 12.9. The van der Waals surface area contributed by atoms with Gasteiger partial charge in [-0.15, -0.1) is 0 Å². The molecule has 1 N–H and O–H groups in total. The molecule has 0 amide bonds. The van der Waals surface area contributed by atoms with Crippen LogP contribution in [0.5, 0.6) is 0 Å². The number of furan rings is 1. The van der Waals surface area contributed by atoms with Gasteiger partial charge in [-0.05, 0) is 43.7 Å². The van der Waals surface area contributed by atoms with Gasteiger partial charge >= 0.3 is 5.97 Å².